The quantitative estimate of drug-likeness (QED) is 0.259. The second-order valence-corrected chi connectivity index (χ2v) is 16.3. The fourth-order valence-corrected chi connectivity index (χ4v) is 9.56. The van der Waals surface area contributed by atoms with Gasteiger partial charge in [0.05, 0.1) is 17.9 Å². The van der Waals surface area contributed by atoms with Crippen molar-refractivity contribution in [2.45, 2.75) is 104 Å². The van der Waals surface area contributed by atoms with Crippen molar-refractivity contribution in [1.29, 1.82) is 0 Å². The van der Waals surface area contributed by atoms with E-state index in [-0.39, 0.29) is 29.4 Å². The van der Waals surface area contributed by atoms with Crippen LogP contribution in [0, 0.1) is 26.7 Å². The zero-order valence-electron chi connectivity index (χ0n) is 29.0. The van der Waals surface area contributed by atoms with E-state index in [4.69, 9.17) is 9.47 Å². The highest BCUT2D eigenvalue weighted by molar-refractivity contribution is 7.19. The summed E-state index contributed by atoms with van der Waals surface area (Å²) in [6.45, 7) is 20.5. The third-order valence-corrected chi connectivity index (χ3v) is 12.0. The van der Waals surface area contributed by atoms with Crippen LogP contribution in [0.4, 0.5) is 4.79 Å². The number of carbonyl (C=O) groups excluding carboxylic acids is 2. The zero-order chi connectivity index (χ0) is 33.4. The molecule has 1 spiro atoms. The number of piperidine rings is 1. The zero-order valence-corrected chi connectivity index (χ0v) is 29.8. The number of amides is 1. The van der Waals surface area contributed by atoms with Gasteiger partial charge in [0.25, 0.3) is 0 Å². The first-order valence-corrected chi connectivity index (χ1v) is 17.9. The molecule has 10 nitrogen and oxygen atoms in total. The Morgan fingerprint density at radius 1 is 1.11 bits per heavy atom. The molecular weight excluding hydrogens is 613 g/mol. The van der Waals surface area contributed by atoms with Crippen molar-refractivity contribution in [3.05, 3.63) is 39.7 Å². The Kier molecular flexibility index (Phi) is 8.03. The number of thiophene rings is 1. The van der Waals surface area contributed by atoms with Gasteiger partial charge in [0.1, 0.15) is 16.8 Å². The van der Waals surface area contributed by atoms with Gasteiger partial charge in [-0.25, -0.2) is 18.9 Å². The lowest BCUT2D eigenvalue weighted by Gasteiger charge is -2.50. The molecule has 3 aliphatic rings. The number of hydrogen-bond donors (Lipinski definition) is 1. The van der Waals surface area contributed by atoms with Gasteiger partial charge >= 0.3 is 6.09 Å². The smallest absolute Gasteiger partial charge is 0.420 e. The maximum absolute atomic E-state index is 14.2. The number of pyridine rings is 1. The van der Waals surface area contributed by atoms with Crippen molar-refractivity contribution in [1.82, 2.24) is 29.4 Å². The molecule has 4 aromatic rings. The molecule has 3 fully saturated rings. The lowest BCUT2D eigenvalue weighted by Crippen LogP contribution is -2.60. The number of ether oxygens (including phenoxy) is 2. The summed E-state index contributed by atoms with van der Waals surface area (Å²) in [6.07, 6.45) is 6.69. The molecule has 252 valence electrons. The van der Waals surface area contributed by atoms with E-state index < -0.39 is 5.60 Å². The molecule has 0 radical (unpaired) electrons. The second kappa shape index (κ2) is 11.7. The van der Waals surface area contributed by atoms with E-state index >= 15 is 0 Å². The fourth-order valence-electron chi connectivity index (χ4n) is 8.07. The van der Waals surface area contributed by atoms with E-state index in [0.29, 0.717) is 5.92 Å². The van der Waals surface area contributed by atoms with Crippen LogP contribution in [0.5, 0.6) is 0 Å². The van der Waals surface area contributed by atoms with E-state index in [1.54, 1.807) is 22.2 Å². The number of morpholine rings is 1. The molecule has 11 heteroatoms. The lowest BCUT2D eigenvalue weighted by atomic mass is 9.69. The molecule has 7 rings (SSSR count). The van der Waals surface area contributed by atoms with Crippen LogP contribution < -0.4 is 5.32 Å². The maximum atomic E-state index is 14.2. The minimum absolute atomic E-state index is 0.0714. The number of nitrogens with one attached hydrogen (secondary N) is 1. The average molecular weight is 661 g/mol. The molecule has 1 saturated carbocycles. The molecule has 47 heavy (non-hydrogen) atoms. The normalized spacial score (nSPS) is 22.5. The summed E-state index contributed by atoms with van der Waals surface area (Å²) in [5.41, 5.74) is 6.35. The van der Waals surface area contributed by atoms with Crippen LogP contribution in [-0.4, -0.2) is 80.1 Å². The molecule has 2 aliphatic heterocycles. The van der Waals surface area contributed by atoms with Gasteiger partial charge < -0.3 is 19.7 Å². The highest BCUT2D eigenvalue weighted by Crippen LogP contribution is 2.49. The van der Waals surface area contributed by atoms with E-state index in [9.17, 15) is 9.59 Å². The van der Waals surface area contributed by atoms with E-state index in [2.05, 4.69) is 54.9 Å². The Balaban J connectivity index is 1.24. The van der Waals surface area contributed by atoms with Crippen molar-refractivity contribution >= 4 is 39.2 Å². The lowest BCUT2D eigenvalue weighted by molar-refractivity contribution is -0.168. The van der Waals surface area contributed by atoms with Gasteiger partial charge in [-0.1, -0.05) is 13.8 Å². The summed E-state index contributed by atoms with van der Waals surface area (Å²) >= 11 is 1.72. The van der Waals surface area contributed by atoms with Crippen molar-refractivity contribution in [2.75, 3.05) is 32.8 Å². The Labute approximate surface area is 280 Å². The van der Waals surface area contributed by atoms with Gasteiger partial charge in [-0.2, -0.15) is 5.10 Å². The highest BCUT2D eigenvalue weighted by atomic mass is 32.1. The third kappa shape index (κ3) is 5.48. The first kappa shape index (κ1) is 32.3. The number of fused-ring (bicyclic) bond motifs is 2. The molecule has 1 aliphatic carbocycles. The van der Waals surface area contributed by atoms with Crippen LogP contribution in [0.15, 0.2) is 12.5 Å². The molecular formula is C36H48N6O4S. The van der Waals surface area contributed by atoms with Crippen molar-refractivity contribution in [2.24, 2.45) is 5.92 Å². The number of carbonyl (C=O) groups is 2. The number of nitrogens with zero attached hydrogens (tertiary/aromatic N) is 5. The summed E-state index contributed by atoms with van der Waals surface area (Å²) in [7, 11) is 0. The summed E-state index contributed by atoms with van der Waals surface area (Å²) in [5.74, 6) is 0.842. The molecule has 0 unspecified atom stereocenters. The maximum Gasteiger partial charge on any atom is 0.420 e. The van der Waals surface area contributed by atoms with Crippen LogP contribution in [0.2, 0.25) is 0 Å². The number of aryl methyl sites for hydroxylation is 2. The molecule has 1 N–H and O–H groups in total. The van der Waals surface area contributed by atoms with Crippen molar-refractivity contribution < 1.29 is 19.1 Å². The predicted molar refractivity (Wildman–Crippen MR) is 185 cm³/mol. The summed E-state index contributed by atoms with van der Waals surface area (Å²) in [5, 5.41) is 9.03. The Hall–Kier alpha value is -3.28. The van der Waals surface area contributed by atoms with Gasteiger partial charge in [0, 0.05) is 54.1 Å². The topological polar surface area (TPSA) is 103 Å². The van der Waals surface area contributed by atoms with E-state index in [1.807, 2.05) is 31.5 Å². The molecule has 0 bridgehead atoms. The minimum atomic E-state index is -0.655. The minimum Gasteiger partial charge on any atom is -0.443 e. The van der Waals surface area contributed by atoms with Crippen LogP contribution in [0.1, 0.15) is 99.3 Å². The molecule has 1 amide bonds. The molecule has 2 saturated heterocycles. The third-order valence-electron chi connectivity index (χ3n) is 10.5. The Bertz CT molecular complexity index is 1860. The van der Waals surface area contributed by atoms with Crippen LogP contribution in [-0.2, 0) is 14.3 Å². The summed E-state index contributed by atoms with van der Waals surface area (Å²) < 4.78 is 15.8. The number of rotatable bonds is 4. The largest absolute Gasteiger partial charge is 0.443 e. The summed E-state index contributed by atoms with van der Waals surface area (Å²) in [6, 6.07) is 0. The number of likely N-dealkylation sites (tertiary alicyclic amines) is 1. The van der Waals surface area contributed by atoms with Gasteiger partial charge in [-0.05, 0) is 101 Å². The van der Waals surface area contributed by atoms with Crippen molar-refractivity contribution in [3.8, 4) is 11.3 Å². The van der Waals surface area contributed by atoms with E-state index in [1.165, 1.54) is 10.4 Å². The molecule has 0 atom stereocenters. The van der Waals surface area contributed by atoms with E-state index in [0.717, 1.165) is 102 Å². The average Bonchev–Trinajstić information content (AvgIpc) is 3.70. The number of aromatic nitrogens is 4. The van der Waals surface area contributed by atoms with Gasteiger partial charge in [-0.15, -0.1) is 11.3 Å². The highest BCUT2D eigenvalue weighted by Gasteiger charge is 2.50. The first-order chi connectivity index (χ1) is 22.3. The monoisotopic (exact) mass is 660 g/mol. The fraction of sp³-hybridized carbons (Fsp3) is 0.611. The Morgan fingerprint density at radius 2 is 1.83 bits per heavy atom. The molecule has 6 heterocycles. The standard InChI is InChI=1S/C36H48N6O4S/c1-20(2)27-28-23(5)30(24-9-12-40(13-10-24)32(43)25-15-36(16-25)18-37-11-14-45-36)47-33(28)42(34(44)46-35(6,7)8)29(27)26-17-41-31(38-19-39-41)22(4)21(26)3/h17,19-20,24-25,37H,9-16,18H2,1-8H3/t25-,36-. The molecule has 0 aromatic carbocycles. The Morgan fingerprint density at radius 3 is 2.47 bits per heavy atom. The number of hydrogen-bond acceptors (Lipinski definition) is 8. The second-order valence-electron chi connectivity index (χ2n) is 15.2. The van der Waals surface area contributed by atoms with Crippen LogP contribution >= 0.6 is 11.3 Å². The van der Waals surface area contributed by atoms with Crippen molar-refractivity contribution in [3.63, 3.8) is 0 Å². The van der Waals surface area contributed by atoms with Crippen LogP contribution in [0.3, 0.4) is 0 Å². The van der Waals surface area contributed by atoms with Gasteiger partial charge in [0.15, 0.2) is 5.65 Å². The SMILES string of the molecule is Cc1c(-c2c(C(C)C)c3c(C)c(C4CCN(C(=O)[C@H]5C[C@@]6(CNCCO6)C5)CC4)sc3n2C(=O)OC(C)(C)C)cn2ncnc2c1C. The van der Waals surface area contributed by atoms with Gasteiger partial charge in [0.2, 0.25) is 5.91 Å². The predicted octanol–water partition coefficient (Wildman–Crippen LogP) is 6.72. The van der Waals surface area contributed by atoms with Crippen LogP contribution in [0.25, 0.3) is 27.1 Å². The summed E-state index contributed by atoms with van der Waals surface area (Å²) in [4.78, 5) is 36.4. The molecule has 4 aromatic heterocycles. The first-order valence-electron chi connectivity index (χ1n) is 17.1. The van der Waals surface area contributed by atoms with Gasteiger partial charge in [-0.3, -0.25) is 4.79 Å².